The minimum atomic E-state index is 0.987. The number of pyridine rings is 1. The summed E-state index contributed by atoms with van der Waals surface area (Å²) in [6.45, 7) is 0. The fourth-order valence-electron chi connectivity index (χ4n) is 6.47. The predicted molar refractivity (Wildman–Crippen MR) is 167 cm³/mol. The highest BCUT2D eigenvalue weighted by Gasteiger charge is 2.21. The van der Waals surface area contributed by atoms with Crippen LogP contribution in [0, 0.1) is 0 Å². The van der Waals surface area contributed by atoms with Crippen molar-refractivity contribution >= 4 is 60.2 Å². The summed E-state index contributed by atoms with van der Waals surface area (Å²) in [5.74, 6) is 0. The SMILES string of the molecule is c1ccc(-c2ccc3ccc(-n4c5ccccc5c5c6ccccc6c6nc7ccccc7n6c54)cc3c2)cc1. The molecule has 0 amide bonds. The Balaban J connectivity index is 1.46. The Morgan fingerprint density at radius 3 is 2.05 bits per heavy atom. The summed E-state index contributed by atoms with van der Waals surface area (Å²) in [5.41, 5.74) is 9.02. The number of fused-ring (bicyclic) bond motifs is 11. The van der Waals surface area contributed by atoms with Crippen LogP contribution in [0.1, 0.15) is 0 Å². The first-order valence-electron chi connectivity index (χ1n) is 13.7. The van der Waals surface area contributed by atoms with Crippen LogP contribution in [0.3, 0.4) is 0 Å². The van der Waals surface area contributed by atoms with E-state index < -0.39 is 0 Å². The van der Waals surface area contributed by atoms with Gasteiger partial charge in [0.25, 0.3) is 0 Å². The van der Waals surface area contributed by atoms with Crippen molar-refractivity contribution in [2.24, 2.45) is 0 Å². The van der Waals surface area contributed by atoms with Gasteiger partial charge >= 0.3 is 0 Å². The lowest BCUT2D eigenvalue weighted by atomic mass is 10.0. The Kier molecular flexibility index (Phi) is 4.33. The van der Waals surface area contributed by atoms with Crippen LogP contribution in [-0.2, 0) is 0 Å². The molecule has 3 aromatic heterocycles. The Bertz CT molecular complexity index is 2430. The molecule has 0 N–H and O–H groups in total. The molecule has 0 fully saturated rings. The molecule has 9 aromatic rings. The third-order valence-corrected chi connectivity index (χ3v) is 8.25. The molecule has 0 aliphatic carbocycles. The summed E-state index contributed by atoms with van der Waals surface area (Å²) in [4.78, 5) is 5.14. The summed E-state index contributed by atoms with van der Waals surface area (Å²) in [5, 5.41) is 7.33. The maximum absolute atomic E-state index is 5.14. The van der Waals surface area contributed by atoms with Crippen molar-refractivity contribution in [1.82, 2.24) is 14.0 Å². The molecular weight excluding hydrogens is 486 g/mol. The smallest absolute Gasteiger partial charge is 0.147 e. The number of rotatable bonds is 2. The molecule has 0 saturated heterocycles. The van der Waals surface area contributed by atoms with Crippen LogP contribution in [-0.4, -0.2) is 14.0 Å². The number of hydrogen-bond acceptors (Lipinski definition) is 1. The first-order chi connectivity index (χ1) is 19.8. The summed E-state index contributed by atoms with van der Waals surface area (Å²) in [7, 11) is 0. The normalized spacial score (nSPS) is 12.0. The van der Waals surface area contributed by atoms with Crippen LogP contribution in [0.5, 0.6) is 0 Å². The van der Waals surface area contributed by atoms with E-state index in [1.807, 2.05) is 0 Å². The molecule has 40 heavy (non-hydrogen) atoms. The van der Waals surface area contributed by atoms with Crippen LogP contribution in [0.15, 0.2) is 140 Å². The van der Waals surface area contributed by atoms with Gasteiger partial charge < -0.3 is 0 Å². The second kappa shape index (κ2) is 8.05. The highest BCUT2D eigenvalue weighted by molar-refractivity contribution is 6.24. The molecule has 3 nitrogen and oxygen atoms in total. The van der Waals surface area contributed by atoms with E-state index >= 15 is 0 Å². The van der Waals surface area contributed by atoms with E-state index in [2.05, 4.69) is 148 Å². The molecule has 0 radical (unpaired) electrons. The van der Waals surface area contributed by atoms with E-state index in [0.717, 1.165) is 28.0 Å². The van der Waals surface area contributed by atoms with Gasteiger partial charge in [-0.1, -0.05) is 103 Å². The van der Waals surface area contributed by atoms with Crippen molar-refractivity contribution in [2.75, 3.05) is 0 Å². The van der Waals surface area contributed by atoms with E-state index in [-0.39, 0.29) is 0 Å². The highest BCUT2D eigenvalue weighted by Crippen LogP contribution is 2.40. The van der Waals surface area contributed by atoms with Gasteiger partial charge in [0.1, 0.15) is 11.3 Å². The van der Waals surface area contributed by atoms with Crippen LogP contribution in [0.4, 0.5) is 0 Å². The fraction of sp³-hybridized carbons (Fsp3) is 0. The van der Waals surface area contributed by atoms with Gasteiger partial charge in [-0.3, -0.25) is 8.97 Å². The first-order valence-corrected chi connectivity index (χ1v) is 13.7. The zero-order valence-electron chi connectivity index (χ0n) is 21.6. The predicted octanol–water partition coefficient (Wildman–Crippen LogP) is 9.56. The molecule has 0 atom stereocenters. The minimum Gasteiger partial charge on any atom is -0.295 e. The van der Waals surface area contributed by atoms with Crippen molar-refractivity contribution in [3.63, 3.8) is 0 Å². The van der Waals surface area contributed by atoms with Crippen LogP contribution >= 0.6 is 0 Å². The molecule has 0 bridgehead atoms. The number of para-hydroxylation sites is 3. The fourth-order valence-corrected chi connectivity index (χ4v) is 6.47. The number of nitrogens with zero attached hydrogens (tertiary/aromatic N) is 3. The van der Waals surface area contributed by atoms with E-state index in [1.54, 1.807) is 0 Å². The van der Waals surface area contributed by atoms with Crippen molar-refractivity contribution in [3.05, 3.63) is 140 Å². The van der Waals surface area contributed by atoms with Crippen molar-refractivity contribution in [2.45, 2.75) is 0 Å². The molecule has 6 aromatic carbocycles. The summed E-state index contributed by atoms with van der Waals surface area (Å²) in [6, 6.07) is 50.1. The monoisotopic (exact) mass is 509 g/mol. The molecule has 3 heterocycles. The lowest BCUT2D eigenvalue weighted by molar-refractivity contribution is 1.12. The van der Waals surface area contributed by atoms with Gasteiger partial charge in [-0.05, 0) is 63.7 Å². The van der Waals surface area contributed by atoms with E-state index in [4.69, 9.17) is 4.98 Å². The van der Waals surface area contributed by atoms with Gasteiger partial charge in [-0.15, -0.1) is 0 Å². The van der Waals surface area contributed by atoms with Crippen molar-refractivity contribution in [1.29, 1.82) is 0 Å². The highest BCUT2D eigenvalue weighted by atomic mass is 15.1. The van der Waals surface area contributed by atoms with Crippen LogP contribution < -0.4 is 0 Å². The summed E-state index contributed by atoms with van der Waals surface area (Å²) >= 11 is 0. The number of benzene rings is 6. The van der Waals surface area contributed by atoms with Crippen molar-refractivity contribution < 1.29 is 0 Å². The molecule has 9 rings (SSSR count). The lowest BCUT2D eigenvalue weighted by Gasteiger charge is -2.13. The second-order valence-electron chi connectivity index (χ2n) is 10.5. The van der Waals surface area contributed by atoms with Gasteiger partial charge in [-0.2, -0.15) is 0 Å². The summed E-state index contributed by atoms with van der Waals surface area (Å²) in [6.07, 6.45) is 0. The minimum absolute atomic E-state index is 0.987. The third kappa shape index (κ3) is 2.92. The number of aromatic nitrogens is 3. The second-order valence-corrected chi connectivity index (χ2v) is 10.5. The number of imidazole rings is 1. The topological polar surface area (TPSA) is 22.2 Å². The lowest BCUT2D eigenvalue weighted by Crippen LogP contribution is -2.00. The Hall–Kier alpha value is -5.41. The van der Waals surface area contributed by atoms with Gasteiger partial charge in [0.05, 0.1) is 16.6 Å². The molecule has 0 aliphatic rings. The molecule has 186 valence electrons. The number of hydrogen-bond donors (Lipinski definition) is 0. The molecule has 0 unspecified atom stereocenters. The van der Waals surface area contributed by atoms with Gasteiger partial charge in [0.2, 0.25) is 0 Å². The van der Waals surface area contributed by atoms with Gasteiger partial charge in [-0.25, -0.2) is 4.98 Å². The zero-order valence-corrected chi connectivity index (χ0v) is 21.6. The third-order valence-electron chi connectivity index (χ3n) is 8.25. The molecule has 0 spiro atoms. The van der Waals surface area contributed by atoms with Crippen LogP contribution in [0.2, 0.25) is 0 Å². The Labute approximate surface area is 230 Å². The van der Waals surface area contributed by atoms with Crippen LogP contribution in [0.25, 0.3) is 77.0 Å². The Morgan fingerprint density at radius 2 is 1.18 bits per heavy atom. The first kappa shape index (κ1) is 21.5. The summed E-state index contributed by atoms with van der Waals surface area (Å²) < 4.78 is 4.78. The van der Waals surface area contributed by atoms with E-state index in [0.29, 0.717) is 0 Å². The van der Waals surface area contributed by atoms with Gasteiger partial charge in [0, 0.05) is 21.8 Å². The van der Waals surface area contributed by atoms with E-state index in [1.165, 1.54) is 49.0 Å². The standard InChI is InChI=1S/C37H23N3/c1-2-10-24(11-3-1)26-19-18-25-20-21-28(23-27(25)22-26)39-33-16-8-6-14-31(33)35-29-12-4-5-13-30(29)36-38-32-15-7-9-17-34(32)40(36)37(35)39/h1-23H. The van der Waals surface area contributed by atoms with Crippen molar-refractivity contribution in [3.8, 4) is 16.8 Å². The average Bonchev–Trinajstić information content (AvgIpc) is 3.58. The molecular formula is C37H23N3. The maximum Gasteiger partial charge on any atom is 0.147 e. The van der Waals surface area contributed by atoms with E-state index in [9.17, 15) is 0 Å². The maximum atomic E-state index is 5.14. The quantitative estimate of drug-likeness (QED) is 0.227. The van der Waals surface area contributed by atoms with Gasteiger partial charge in [0.15, 0.2) is 0 Å². The zero-order chi connectivity index (χ0) is 26.2. The largest absolute Gasteiger partial charge is 0.295 e. The Morgan fingerprint density at radius 1 is 0.475 bits per heavy atom. The average molecular weight is 510 g/mol. The molecule has 3 heteroatoms. The molecule has 0 saturated carbocycles. The molecule has 0 aliphatic heterocycles.